The van der Waals surface area contributed by atoms with E-state index in [-0.39, 0.29) is 47.1 Å². The summed E-state index contributed by atoms with van der Waals surface area (Å²) in [5.74, 6) is -1.66. The quantitative estimate of drug-likeness (QED) is 0.0830. The highest BCUT2D eigenvalue weighted by Crippen LogP contribution is 2.56. The monoisotopic (exact) mass is 688 g/mol. The number of Topliss-reactive ketones (excluding diaryl/α,β-unsaturated/α-hetero) is 1. The van der Waals surface area contributed by atoms with Crippen LogP contribution in [0.15, 0.2) is 77.3 Å². The molecule has 3 aliphatic rings. The lowest BCUT2D eigenvalue weighted by Gasteiger charge is -2.19. The normalized spacial score (nSPS) is 22.6. The van der Waals surface area contributed by atoms with Gasteiger partial charge in [-0.25, -0.2) is 14.2 Å². The van der Waals surface area contributed by atoms with E-state index < -0.39 is 23.7 Å². The number of imide groups is 1. The number of carbonyl (C=O) groups is 4. The average molecular weight is 690 g/mol. The van der Waals surface area contributed by atoms with Crippen LogP contribution < -0.4 is 4.90 Å². The van der Waals surface area contributed by atoms with E-state index in [2.05, 4.69) is 15.9 Å². The van der Waals surface area contributed by atoms with E-state index in [1.165, 1.54) is 29.2 Å². The van der Waals surface area contributed by atoms with Crippen molar-refractivity contribution in [3.63, 3.8) is 0 Å². The fourth-order valence-electron chi connectivity index (χ4n) is 7.29. The Morgan fingerprint density at radius 2 is 1.62 bits per heavy atom. The van der Waals surface area contributed by atoms with Crippen molar-refractivity contribution in [3.8, 4) is 11.3 Å². The van der Waals surface area contributed by atoms with Gasteiger partial charge in [0.2, 0.25) is 17.6 Å². The zero-order valence-electron chi connectivity index (χ0n) is 23.9. The molecule has 2 amide bonds. The Balaban J connectivity index is 1.19. The Labute approximate surface area is 271 Å². The molecule has 228 valence electrons. The van der Waals surface area contributed by atoms with Crippen LogP contribution in [0.4, 0.5) is 10.1 Å². The van der Waals surface area contributed by atoms with Gasteiger partial charge in [0, 0.05) is 33.3 Å². The molecule has 1 aliphatic heterocycles. The summed E-state index contributed by atoms with van der Waals surface area (Å²) in [5, 5.41) is 0.517. The number of aromatic nitrogens is 1. The molecule has 0 N–H and O–H groups in total. The Kier molecular flexibility index (Phi) is 7.78. The third-order valence-corrected chi connectivity index (χ3v) is 10.1. The summed E-state index contributed by atoms with van der Waals surface area (Å²) >= 11 is 9.41. The Bertz CT molecular complexity index is 1840. The van der Waals surface area contributed by atoms with E-state index in [4.69, 9.17) is 21.3 Å². The summed E-state index contributed by atoms with van der Waals surface area (Å²) in [5.41, 5.74) is 2.58. The van der Waals surface area contributed by atoms with Crippen LogP contribution in [-0.4, -0.2) is 40.5 Å². The maximum atomic E-state index is 13.7. The molecule has 2 heterocycles. The van der Waals surface area contributed by atoms with Gasteiger partial charge < -0.3 is 4.74 Å². The molecule has 10 heteroatoms. The molecule has 1 saturated heterocycles. The number of carbonyl (C=O) groups excluding carboxylic acids is 4. The Morgan fingerprint density at radius 1 is 0.956 bits per heavy atom. The van der Waals surface area contributed by atoms with Crippen LogP contribution in [0, 0.1) is 29.5 Å². The minimum atomic E-state index is -1.18. The number of esters is 1. The number of pyridine rings is 1. The first-order valence-corrected chi connectivity index (χ1v) is 16.2. The summed E-state index contributed by atoms with van der Waals surface area (Å²) in [6.45, 7) is 0. The van der Waals surface area contributed by atoms with Gasteiger partial charge in [-0.2, -0.15) is 0 Å². The molecule has 0 radical (unpaired) electrons. The fourth-order valence-corrected chi connectivity index (χ4v) is 7.85. The van der Waals surface area contributed by atoms with Crippen molar-refractivity contribution in [3.05, 3.63) is 94.2 Å². The minimum absolute atomic E-state index is 0.0654. The van der Waals surface area contributed by atoms with Crippen molar-refractivity contribution in [2.45, 2.75) is 31.8 Å². The van der Waals surface area contributed by atoms with E-state index in [1.54, 1.807) is 48.5 Å². The van der Waals surface area contributed by atoms with Gasteiger partial charge in [0.05, 0.1) is 34.3 Å². The summed E-state index contributed by atoms with van der Waals surface area (Å²) in [6.07, 6.45) is 1.89. The predicted octanol–water partition coefficient (Wildman–Crippen LogP) is 7.38. The predicted molar refractivity (Wildman–Crippen MR) is 170 cm³/mol. The molecule has 45 heavy (non-hydrogen) atoms. The molecule has 3 fully saturated rings. The first-order valence-electron chi connectivity index (χ1n) is 14.9. The second-order valence-corrected chi connectivity index (χ2v) is 13.2. The average Bonchev–Trinajstić information content (AvgIpc) is 3.73. The van der Waals surface area contributed by atoms with E-state index in [1.807, 2.05) is 0 Å². The molecule has 2 aliphatic carbocycles. The molecule has 4 aromatic rings. The minimum Gasteiger partial charge on any atom is -0.450 e. The number of rotatable bonds is 8. The first-order chi connectivity index (χ1) is 21.7. The molecule has 0 unspecified atom stereocenters. The summed E-state index contributed by atoms with van der Waals surface area (Å²) < 4.78 is 19.9. The first kappa shape index (κ1) is 29.7. The molecule has 5 atom stereocenters. The molecule has 2 saturated carbocycles. The number of fused-ring (bicyclic) bond motifs is 6. The van der Waals surface area contributed by atoms with Crippen molar-refractivity contribution in [2.24, 2.45) is 23.7 Å². The van der Waals surface area contributed by atoms with Crippen molar-refractivity contribution in [2.75, 3.05) is 10.8 Å². The van der Waals surface area contributed by atoms with E-state index in [0.29, 0.717) is 39.7 Å². The highest BCUT2D eigenvalue weighted by atomic mass is 79.9. The van der Waals surface area contributed by atoms with Gasteiger partial charge in [-0.1, -0.05) is 28.1 Å². The SMILES string of the molecule is O=C(O[C@H](CCCl)C(=O)c1ccc(F)cc1)c1cc(-c2ccc(N3C(=O)[C@H]4[C@H]5CC[C@@H](C5)[C@@H]4C3=O)cc2)nc2ccc(Br)cc12. The van der Waals surface area contributed by atoms with Crippen LogP contribution in [0.25, 0.3) is 22.2 Å². The summed E-state index contributed by atoms with van der Waals surface area (Å²) in [7, 11) is 0. The van der Waals surface area contributed by atoms with E-state index in [0.717, 1.165) is 23.7 Å². The highest BCUT2D eigenvalue weighted by molar-refractivity contribution is 9.10. The number of hydrogen-bond acceptors (Lipinski definition) is 6. The highest BCUT2D eigenvalue weighted by Gasteiger charge is 2.61. The zero-order chi connectivity index (χ0) is 31.4. The summed E-state index contributed by atoms with van der Waals surface area (Å²) in [6, 6.07) is 19.0. The maximum Gasteiger partial charge on any atom is 0.339 e. The number of halogens is 3. The summed E-state index contributed by atoms with van der Waals surface area (Å²) in [4.78, 5) is 59.6. The van der Waals surface area contributed by atoms with Crippen molar-refractivity contribution in [1.29, 1.82) is 0 Å². The van der Waals surface area contributed by atoms with Crippen molar-refractivity contribution in [1.82, 2.24) is 4.98 Å². The number of hydrogen-bond donors (Lipinski definition) is 0. The van der Waals surface area contributed by atoms with Crippen LogP contribution in [-0.2, 0) is 14.3 Å². The zero-order valence-corrected chi connectivity index (χ0v) is 26.3. The van der Waals surface area contributed by atoms with Gasteiger partial charge in [0.15, 0.2) is 6.10 Å². The Hall–Kier alpha value is -3.95. The van der Waals surface area contributed by atoms with Gasteiger partial charge >= 0.3 is 5.97 Å². The van der Waals surface area contributed by atoms with Crippen molar-refractivity contribution >= 4 is 67.7 Å². The molecule has 7 rings (SSSR count). The number of anilines is 1. The largest absolute Gasteiger partial charge is 0.450 e. The number of alkyl halides is 1. The van der Waals surface area contributed by atoms with Gasteiger partial charge in [-0.3, -0.25) is 19.3 Å². The molecular weight excluding hydrogens is 663 g/mol. The molecular formula is C35H27BrClFN2O5. The topological polar surface area (TPSA) is 93.6 Å². The molecule has 1 aromatic heterocycles. The standard InChI is InChI=1S/C35H27BrClFN2O5/c36-22-7-12-27-25(16-22)26(35(44)45-29(13-14-37)32(41)19-3-8-23(38)9-4-19)17-28(39-27)18-5-10-24(11-6-18)40-33(42)30-20-1-2-21(15-20)31(30)34(40)43/h3-12,16-17,20-21,29-31H,1-2,13-15H2/t20-,21-,29+,30-,31-/m0/s1. The molecule has 2 bridgehead atoms. The van der Waals surface area contributed by atoms with Gasteiger partial charge in [-0.15, -0.1) is 11.6 Å². The molecule has 3 aromatic carbocycles. The third kappa shape index (κ3) is 5.25. The van der Waals surface area contributed by atoms with Crippen LogP contribution in [0.3, 0.4) is 0 Å². The second kappa shape index (κ2) is 11.8. The van der Waals surface area contributed by atoms with Crippen molar-refractivity contribution < 1.29 is 28.3 Å². The molecule has 0 spiro atoms. The number of ether oxygens (including phenoxy) is 1. The fraction of sp³-hybridized carbons (Fsp3) is 0.286. The lowest BCUT2D eigenvalue weighted by atomic mass is 9.81. The third-order valence-electron chi connectivity index (χ3n) is 9.38. The van der Waals surface area contributed by atoms with Gasteiger partial charge in [-0.05, 0) is 91.8 Å². The lowest BCUT2D eigenvalue weighted by Crippen LogP contribution is -2.32. The van der Waals surface area contributed by atoms with Crippen LogP contribution in [0.2, 0.25) is 0 Å². The maximum absolute atomic E-state index is 13.7. The van der Waals surface area contributed by atoms with E-state index in [9.17, 15) is 23.6 Å². The molecule has 7 nitrogen and oxygen atoms in total. The van der Waals surface area contributed by atoms with Gasteiger partial charge in [0.1, 0.15) is 5.82 Å². The smallest absolute Gasteiger partial charge is 0.339 e. The lowest BCUT2D eigenvalue weighted by molar-refractivity contribution is -0.123. The van der Waals surface area contributed by atoms with Crippen LogP contribution >= 0.6 is 27.5 Å². The number of benzene rings is 3. The second-order valence-electron chi connectivity index (χ2n) is 11.9. The number of amides is 2. The number of ketones is 1. The van der Waals surface area contributed by atoms with Crippen LogP contribution in [0.5, 0.6) is 0 Å². The number of nitrogens with zero attached hydrogens (tertiary/aromatic N) is 2. The van der Waals surface area contributed by atoms with Crippen LogP contribution in [0.1, 0.15) is 46.4 Å². The van der Waals surface area contributed by atoms with Gasteiger partial charge in [0.25, 0.3) is 0 Å². The van der Waals surface area contributed by atoms with E-state index >= 15 is 0 Å². The Morgan fingerprint density at radius 3 is 2.27 bits per heavy atom.